The van der Waals surface area contributed by atoms with E-state index in [9.17, 15) is 10.1 Å². The van der Waals surface area contributed by atoms with Crippen LogP contribution in [0.3, 0.4) is 0 Å². The van der Waals surface area contributed by atoms with Gasteiger partial charge in [-0.05, 0) is 44.0 Å². The number of aryl methyl sites for hydroxylation is 1. The number of fused-ring (bicyclic) bond motifs is 1. The summed E-state index contributed by atoms with van der Waals surface area (Å²) < 4.78 is 0. The number of nitrogens with one attached hydrogen (secondary N) is 2. The summed E-state index contributed by atoms with van der Waals surface area (Å²) in [5.74, 6) is 0.781. The molecule has 1 amide bonds. The maximum absolute atomic E-state index is 12.2. The molecular weight excluding hydrogens is 346 g/mol. The molecule has 132 valence electrons. The number of hydrogen-bond donors (Lipinski definition) is 2. The molecule has 0 aliphatic carbocycles. The SMILES string of the molecule is Cc1nc(SCC(=O)NCc2nc3ccccc3[nH]2)c(C#N)c(C)c1C. The third kappa shape index (κ3) is 3.70. The fourth-order valence-electron chi connectivity index (χ4n) is 2.60. The van der Waals surface area contributed by atoms with Crippen LogP contribution in [0.15, 0.2) is 29.3 Å². The van der Waals surface area contributed by atoms with E-state index in [1.54, 1.807) is 0 Å². The van der Waals surface area contributed by atoms with Crippen molar-refractivity contribution in [2.24, 2.45) is 0 Å². The van der Waals surface area contributed by atoms with Gasteiger partial charge in [-0.2, -0.15) is 5.26 Å². The first-order valence-corrected chi connectivity index (χ1v) is 9.19. The number of imidazole rings is 1. The van der Waals surface area contributed by atoms with E-state index in [2.05, 4.69) is 26.3 Å². The van der Waals surface area contributed by atoms with E-state index in [-0.39, 0.29) is 11.7 Å². The van der Waals surface area contributed by atoms with E-state index >= 15 is 0 Å². The molecule has 3 aromatic rings. The van der Waals surface area contributed by atoms with Crippen LogP contribution in [0.4, 0.5) is 0 Å². The lowest BCUT2D eigenvalue weighted by atomic mass is 10.1. The molecule has 0 bridgehead atoms. The van der Waals surface area contributed by atoms with Crippen LogP contribution < -0.4 is 5.32 Å². The molecule has 0 spiro atoms. The normalized spacial score (nSPS) is 10.7. The van der Waals surface area contributed by atoms with Gasteiger partial charge < -0.3 is 10.3 Å². The highest BCUT2D eigenvalue weighted by atomic mass is 32.2. The van der Waals surface area contributed by atoms with Crippen LogP contribution in [-0.4, -0.2) is 26.6 Å². The number of aromatic nitrogens is 3. The highest BCUT2D eigenvalue weighted by Gasteiger charge is 2.14. The molecule has 1 aromatic carbocycles. The Kier molecular flexibility index (Phi) is 5.24. The molecule has 0 unspecified atom stereocenters. The Balaban J connectivity index is 1.62. The van der Waals surface area contributed by atoms with E-state index in [1.165, 1.54) is 11.8 Å². The number of H-pyrrole nitrogens is 1. The van der Waals surface area contributed by atoms with Crippen LogP contribution >= 0.6 is 11.8 Å². The predicted octanol–water partition coefficient (Wildman–Crippen LogP) is 3.16. The van der Waals surface area contributed by atoms with E-state index in [0.29, 0.717) is 23.0 Å². The summed E-state index contributed by atoms with van der Waals surface area (Å²) >= 11 is 1.28. The van der Waals surface area contributed by atoms with Gasteiger partial charge in [0.2, 0.25) is 5.91 Å². The summed E-state index contributed by atoms with van der Waals surface area (Å²) in [6, 6.07) is 9.92. The van der Waals surface area contributed by atoms with Gasteiger partial charge in [0.25, 0.3) is 0 Å². The number of carbonyl (C=O) groups excluding carboxylic acids is 1. The molecule has 0 aliphatic rings. The van der Waals surface area contributed by atoms with Gasteiger partial charge in [0.15, 0.2) is 0 Å². The number of hydrogen-bond acceptors (Lipinski definition) is 5. The zero-order chi connectivity index (χ0) is 18.7. The minimum Gasteiger partial charge on any atom is -0.348 e. The number of nitrogens with zero attached hydrogens (tertiary/aromatic N) is 3. The molecule has 0 atom stereocenters. The number of pyridine rings is 1. The number of amides is 1. The molecule has 6 nitrogen and oxygen atoms in total. The second-order valence-electron chi connectivity index (χ2n) is 6.01. The number of para-hydroxylation sites is 2. The number of benzene rings is 1. The van der Waals surface area contributed by atoms with Gasteiger partial charge in [-0.3, -0.25) is 4.79 Å². The minimum absolute atomic E-state index is 0.128. The Morgan fingerprint density at radius 1 is 1.23 bits per heavy atom. The first-order chi connectivity index (χ1) is 12.5. The molecule has 2 heterocycles. The molecule has 0 saturated carbocycles. The molecular formula is C19H19N5OS. The highest BCUT2D eigenvalue weighted by molar-refractivity contribution is 8.00. The lowest BCUT2D eigenvalue weighted by Crippen LogP contribution is -2.25. The minimum atomic E-state index is -0.128. The van der Waals surface area contributed by atoms with Crippen LogP contribution in [-0.2, 0) is 11.3 Å². The van der Waals surface area contributed by atoms with Gasteiger partial charge in [0, 0.05) is 5.69 Å². The van der Waals surface area contributed by atoms with Gasteiger partial charge in [0.05, 0.1) is 28.9 Å². The fraction of sp³-hybridized carbons (Fsp3) is 0.263. The van der Waals surface area contributed by atoms with Gasteiger partial charge in [-0.25, -0.2) is 9.97 Å². The van der Waals surface area contributed by atoms with Crippen molar-refractivity contribution in [2.75, 3.05) is 5.75 Å². The monoisotopic (exact) mass is 365 g/mol. The molecule has 0 aliphatic heterocycles. The quantitative estimate of drug-likeness (QED) is 0.677. The Morgan fingerprint density at radius 2 is 2.00 bits per heavy atom. The largest absolute Gasteiger partial charge is 0.348 e. The predicted molar refractivity (Wildman–Crippen MR) is 102 cm³/mol. The van der Waals surface area contributed by atoms with Crippen LogP contribution in [0.1, 0.15) is 28.2 Å². The van der Waals surface area contributed by atoms with Crippen molar-refractivity contribution >= 4 is 28.7 Å². The zero-order valence-electron chi connectivity index (χ0n) is 14.9. The number of rotatable bonds is 5. The average Bonchev–Trinajstić information content (AvgIpc) is 3.06. The topological polar surface area (TPSA) is 94.5 Å². The summed E-state index contributed by atoms with van der Waals surface area (Å²) in [6.07, 6.45) is 0. The third-order valence-corrected chi connectivity index (χ3v) is 5.28. The van der Waals surface area contributed by atoms with E-state index in [0.717, 1.165) is 27.9 Å². The average molecular weight is 365 g/mol. The van der Waals surface area contributed by atoms with Crippen LogP contribution in [0.2, 0.25) is 0 Å². The Hall–Kier alpha value is -2.85. The number of thioether (sulfide) groups is 1. The number of aromatic amines is 1. The van der Waals surface area contributed by atoms with Crippen molar-refractivity contribution in [3.63, 3.8) is 0 Å². The third-order valence-electron chi connectivity index (χ3n) is 4.31. The van der Waals surface area contributed by atoms with Crippen molar-refractivity contribution in [1.82, 2.24) is 20.3 Å². The summed E-state index contributed by atoms with van der Waals surface area (Å²) in [7, 11) is 0. The Bertz CT molecular complexity index is 986. The summed E-state index contributed by atoms with van der Waals surface area (Å²) in [5.41, 5.74) is 5.18. The van der Waals surface area contributed by atoms with Crippen LogP contribution in [0, 0.1) is 32.1 Å². The maximum Gasteiger partial charge on any atom is 0.230 e. The second kappa shape index (κ2) is 7.58. The number of nitriles is 1. The van der Waals surface area contributed by atoms with Gasteiger partial charge in [-0.1, -0.05) is 23.9 Å². The van der Waals surface area contributed by atoms with E-state index in [4.69, 9.17) is 0 Å². The molecule has 26 heavy (non-hydrogen) atoms. The molecule has 2 N–H and O–H groups in total. The maximum atomic E-state index is 12.2. The lowest BCUT2D eigenvalue weighted by molar-refractivity contribution is -0.118. The van der Waals surface area contributed by atoms with Crippen molar-refractivity contribution < 1.29 is 4.79 Å². The van der Waals surface area contributed by atoms with Crippen molar-refractivity contribution in [2.45, 2.75) is 32.3 Å². The number of carbonyl (C=O) groups is 1. The smallest absolute Gasteiger partial charge is 0.230 e. The Labute approximate surface area is 156 Å². The molecule has 0 saturated heterocycles. The molecule has 2 aromatic heterocycles. The van der Waals surface area contributed by atoms with Crippen molar-refractivity contribution in [3.8, 4) is 6.07 Å². The first kappa shape index (κ1) is 18.0. The summed E-state index contributed by atoms with van der Waals surface area (Å²) in [6.45, 7) is 6.11. The molecule has 7 heteroatoms. The second-order valence-corrected chi connectivity index (χ2v) is 6.97. The summed E-state index contributed by atoms with van der Waals surface area (Å²) in [4.78, 5) is 24.2. The molecule has 0 fully saturated rings. The van der Waals surface area contributed by atoms with Crippen molar-refractivity contribution in [1.29, 1.82) is 5.26 Å². The van der Waals surface area contributed by atoms with E-state index < -0.39 is 0 Å². The van der Waals surface area contributed by atoms with E-state index in [1.807, 2.05) is 45.0 Å². The van der Waals surface area contributed by atoms with Gasteiger partial charge in [0.1, 0.15) is 16.9 Å². The first-order valence-electron chi connectivity index (χ1n) is 8.20. The Morgan fingerprint density at radius 3 is 2.73 bits per heavy atom. The van der Waals surface area contributed by atoms with Gasteiger partial charge in [-0.15, -0.1) is 0 Å². The molecule has 3 rings (SSSR count). The lowest BCUT2D eigenvalue weighted by Gasteiger charge is -2.11. The van der Waals surface area contributed by atoms with Crippen molar-refractivity contribution in [3.05, 3.63) is 52.5 Å². The highest BCUT2D eigenvalue weighted by Crippen LogP contribution is 2.26. The summed E-state index contributed by atoms with van der Waals surface area (Å²) in [5, 5.41) is 12.8. The zero-order valence-corrected chi connectivity index (χ0v) is 15.7. The van der Waals surface area contributed by atoms with Crippen LogP contribution in [0.25, 0.3) is 11.0 Å². The van der Waals surface area contributed by atoms with Crippen LogP contribution in [0.5, 0.6) is 0 Å². The molecule has 0 radical (unpaired) electrons. The van der Waals surface area contributed by atoms with Gasteiger partial charge >= 0.3 is 0 Å². The standard InChI is InChI=1S/C19H19N5OS/c1-11-12(2)14(8-20)19(22-13(11)3)26-10-18(25)21-9-17-23-15-6-4-5-7-16(15)24-17/h4-7H,9-10H2,1-3H3,(H,21,25)(H,23,24). The fourth-order valence-corrected chi connectivity index (χ4v) is 3.52.